The molecule has 0 fully saturated rings. The van der Waals surface area contributed by atoms with Gasteiger partial charge in [-0.05, 0) is 26.5 Å². The lowest BCUT2D eigenvalue weighted by molar-refractivity contribution is 0.345. The van der Waals surface area contributed by atoms with Crippen LogP contribution in [0.5, 0.6) is 17.2 Å². The van der Waals surface area contributed by atoms with Crippen LogP contribution in [0.25, 0.3) is 0 Å². The van der Waals surface area contributed by atoms with Crippen molar-refractivity contribution in [3.05, 3.63) is 29.8 Å². The topological polar surface area (TPSA) is 39.7 Å². The van der Waals surface area contributed by atoms with Crippen LogP contribution in [0.1, 0.15) is 24.9 Å². The van der Waals surface area contributed by atoms with E-state index >= 15 is 0 Å². The van der Waals surface area contributed by atoms with Crippen molar-refractivity contribution >= 4 is 0 Å². The summed E-state index contributed by atoms with van der Waals surface area (Å²) in [7, 11) is 6.81. The van der Waals surface area contributed by atoms with E-state index in [9.17, 15) is 0 Å². The average Bonchev–Trinajstić information content (AvgIpc) is 2.42. The smallest absolute Gasteiger partial charge is 0.164 e. The van der Waals surface area contributed by atoms with E-state index in [-0.39, 0.29) is 6.04 Å². The normalized spacial score (nSPS) is 11.8. The van der Waals surface area contributed by atoms with Crippen LogP contribution in [0.3, 0.4) is 0 Å². The Kier molecular flexibility index (Phi) is 5.70. The van der Waals surface area contributed by atoms with E-state index in [1.165, 1.54) is 0 Å². The molecule has 1 N–H and O–H groups in total. The van der Waals surface area contributed by atoms with Gasteiger partial charge in [0.2, 0.25) is 0 Å². The summed E-state index contributed by atoms with van der Waals surface area (Å²) >= 11 is 0. The van der Waals surface area contributed by atoms with Crippen LogP contribution >= 0.6 is 0 Å². The van der Waals surface area contributed by atoms with Gasteiger partial charge in [-0.25, -0.2) is 0 Å². The van der Waals surface area contributed by atoms with Crippen molar-refractivity contribution in [1.82, 2.24) is 5.32 Å². The third-order valence-corrected chi connectivity index (χ3v) is 3.01. The summed E-state index contributed by atoms with van der Waals surface area (Å²) in [5, 5.41) is 3.28. The van der Waals surface area contributed by atoms with E-state index in [0.29, 0.717) is 11.5 Å². The summed E-state index contributed by atoms with van der Waals surface area (Å²) in [4.78, 5) is 0. The molecule has 0 radical (unpaired) electrons. The summed E-state index contributed by atoms with van der Waals surface area (Å²) in [6, 6.07) is 3.92. The number of nitrogens with one attached hydrogen (secondary N) is 1. The Labute approximate surface area is 115 Å². The largest absolute Gasteiger partial charge is 0.496 e. The SMILES string of the molecule is C=C(C)CC(NC)c1cc(OC)c(OC)cc1OC. The van der Waals surface area contributed by atoms with Gasteiger partial charge in [-0.15, -0.1) is 6.58 Å². The first-order chi connectivity index (χ1) is 9.07. The van der Waals surface area contributed by atoms with Crippen LogP contribution in [-0.4, -0.2) is 28.4 Å². The van der Waals surface area contributed by atoms with Crippen molar-refractivity contribution in [3.8, 4) is 17.2 Å². The van der Waals surface area contributed by atoms with E-state index in [0.717, 1.165) is 23.3 Å². The van der Waals surface area contributed by atoms with E-state index < -0.39 is 0 Å². The van der Waals surface area contributed by atoms with Crippen LogP contribution in [0, 0.1) is 0 Å². The molecule has 0 bridgehead atoms. The zero-order chi connectivity index (χ0) is 14.4. The van der Waals surface area contributed by atoms with Gasteiger partial charge in [0.15, 0.2) is 11.5 Å². The number of hydrogen-bond acceptors (Lipinski definition) is 4. The Morgan fingerprint density at radius 3 is 2.05 bits per heavy atom. The van der Waals surface area contributed by atoms with Crippen molar-refractivity contribution < 1.29 is 14.2 Å². The first-order valence-electron chi connectivity index (χ1n) is 6.18. The van der Waals surface area contributed by atoms with Gasteiger partial charge < -0.3 is 19.5 Å². The first-order valence-corrected chi connectivity index (χ1v) is 6.18. The minimum atomic E-state index is 0.132. The molecule has 4 nitrogen and oxygen atoms in total. The number of benzene rings is 1. The van der Waals surface area contributed by atoms with E-state index in [4.69, 9.17) is 14.2 Å². The monoisotopic (exact) mass is 265 g/mol. The molecule has 106 valence electrons. The lowest BCUT2D eigenvalue weighted by Crippen LogP contribution is -2.17. The molecule has 1 aromatic rings. The Morgan fingerprint density at radius 2 is 1.63 bits per heavy atom. The quantitative estimate of drug-likeness (QED) is 0.769. The molecule has 0 aliphatic rings. The molecule has 19 heavy (non-hydrogen) atoms. The van der Waals surface area contributed by atoms with Crippen LogP contribution in [0.4, 0.5) is 0 Å². The maximum Gasteiger partial charge on any atom is 0.164 e. The summed E-state index contributed by atoms with van der Waals surface area (Å²) < 4.78 is 16.1. The standard InChI is InChI=1S/C15H23NO3/c1-10(2)7-12(16-3)11-8-14(18-5)15(19-6)9-13(11)17-4/h8-9,12,16H,1,7H2,2-6H3. The second kappa shape index (κ2) is 7.04. The minimum Gasteiger partial charge on any atom is -0.496 e. The van der Waals surface area contributed by atoms with Crippen LogP contribution < -0.4 is 19.5 Å². The van der Waals surface area contributed by atoms with Crippen LogP contribution in [0.15, 0.2) is 24.3 Å². The van der Waals surface area contributed by atoms with E-state index in [2.05, 4.69) is 11.9 Å². The molecule has 0 saturated heterocycles. The first kappa shape index (κ1) is 15.4. The third-order valence-electron chi connectivity index (χ3n) is 3.01. The Hall–Kier alpha value is -1.68. The van der Waals surface area contributed by atoms with Gasteiger partial charge in [0, 0.05) is 17.7 Å². The zero-order valence-corrected chi connectivity index (χ0v) is 12.4. The number of rotatable bonds is 7. The molecule has 1 aromatic carbocycles. The molecule has 0 spiro atoms. The van der Waals surface area contributed by atoms with Gasteiger partial charge in [0.05, 0.1) is 21.3 Å². The minimum absolute atomic E-state index is 0.132. The molecule has 0 saturated carbocycles. The summed E-state index contributed by atoms with van der Waals surface area (Å²) in [5.41, 5.74) is 2.14. The lowest BCUT2D eigenvalue weighted by atomic mass is 9.99. The summed E-state index contributed by atoms with van der Waals surface area (Å²) in [6.07, 6.45) is 0.836. The Morgan fingerprint density at radius 1 is 1.11 bits per heavy atom. The van der Waals surface area contributed by atoms with Gasteiger partial charge in [0.25, 0.3) is 0 Å². The molecule has 4 heteroatoms. The van der Waals surface area contributed by atoms with Gasteiger partial charge in [0.1, 0.15) is 5.75 Å². The van der Waals surface area contributed by atoms with Crippen molar-refractivity contribution in [2.45, 2.75) is 19.4 Å². The highest BCUT2D eigenvalue weighted by Crippen LogP contribution is 2.38. The summed E-state index contributed by atoms with van der Waals surface area (Å²) in [6.45, 7) is 5.97. The highest BCUT2D eigenvalue weighted by molar-refractivity contribution is 5.52. The van der Waals surface area contributed by atoms with Crippen LogP contribution in [-0.2, 0) is 0 Å². The molecule has 0 aliphatic heterocycles. The lowest BCUT2D eigenvalue weighted by Gasteiger charge is -2.21. The number of methoxy groups -OCH3 is 3. The van der Waals surface area contributed by atoms with Crippen molar-refractivity contribution in [1.29, 1.82) is 0 Å². The summed E-state index contributed by atoms with van der Waals surface area (Å²) in [5.74, 6) is 2.13. The van der Waals surface area contributed by atoms with Crippen molar-refractivity contribution in [2.75, 3.05) is 28.4 Å². The highest BCUT2D eigenvalue weighted by atomic mass is 16.5. The number of ether oxygens (including phenoxy) is 3. The third kappa shape index (κ3) is 3.64. The Bertz CT molecular complexity index is 443. The highest BCUT2D eigenvalue weighted by Gasteiger charge is 2.18. The Balaban J connectivity index is 3.26. The van der Waals surface area contributed by atoms with Gasteiger partial charge in [-0.1, -0.05) is 5.57 Å². The van der Waals surface area contributed by atoms with Crippen molar-refractivity contribution in [2.24, 2.45) is 0 Å². The van der Waals surface area contributed by atoms with Gasteiger partial charge in [-0.2, -0.15) is 0 Å². The second-order valence-electron chi connectivity index (χ2n) is 4.45. The molecular formula is C15H23NO3. The maximum atomic E-state index is 5.45. The maximum absolute atomic E-state index is 5.45. The molecule has 1 rings (SSSR count). The van der Waals surface area contributed by atoms with Crippen LogP contribution in [0.2, 0.25) is 0 Å². The molecule has 0 aliphatic carbocycles. The van der Waals surface area contributed by atoms with E-state index in [1.54, 1.807) is 21.3 Å². The molecule has 0 amide bonds. The fourth-order valence-electron chi connectivity index (χ4n) is 2.04. The predicted octanol–water partition coefficient (Wildman–Crippen LogP) is 2.94. The predicted molar refractivity (Wildman–Crippen MR) is 77.3 cm³/mol. The van der Waals surface area contributed by atoms with Crippen molar-refractivity contribution in [3.63, 3.8) is 0 Å². The van der Waals surface area contributed by atoms with Gasteiger partial charge in [-0.3, -0.25) is 0 Å². The molecule has 1 unspecified atom stereocenters. The number of hydrogen-bond donors (Lipinski definition) is 1. The fourth-order valence-corrected chi connectivity index (χ4v) is 2.04. The van der Waals surface area contributed by atoms with E-state index in [1.807, 2.05) is 26.1 Å². The molecule has 1 atom stereocenters. The average molecular weight is 265 g/mol. The molecular weight excluding hydrogens is 242 g/mol. The molecule has 0 heterocycles. The fraction of sp³-hybridized carbons (Fsp3) is 0.467. The zero-order valence-electron chi connectivity index (χ0n) is 12.4. The van der Waals surface area contributed by atoms with Gasteiger partial charge >= 0.3 is 0 Å². The second-order valence-corrected chi connectivity index (χ2v) is 4.45. The molecule has 0 aromatic heterocycles.